The first-order chi connectivity index (χ1) is 16.7. The second-order valence-corrected chi connectivity index (χ2v) is 9.51. The number of hydrogen-bond acceptors (Lipinski definition) is 7. The van der Waals surface area contributed by atoms with Gasteiger partial charge in [-0.05, 0) is 70.3 Å². The summed E-state index contributed by atoms with van der Waals surface area (Å²) in [4.78, 5) is 34.4. The SMILES string of the molecule is CN1CCN(c2ccc(C(=O)Nc3cc(-c4ccco4)ccc3NC(=O)OC(C)(C)C)cn2)CC1. The van der Waals surface area contributed by atoms with Crippen LogP contribution in [0.5, 0.6) is 0 Å². The third kappa shape index (κ3) is 6.39. The minimum Gasteiger partial charge on any atom is -0.464 e. The van der Waals surface area contributed by atoms with Crippen molar-refractivity contribution in [1.82, 2.24) is 9.88 Å². The number of ether oxygens (including phenoxy) is 1. The number of hydrogen-bond donors (Lipinski definition) is 2. The molecule has 1 aliphatic heterocycles. The molecule has 9 heteroatoms. The molecular weight excluding hydrogens is 446 g/mol. The third-order valence-corrected chi connectivity index (χ3v) is 5.55. The van der Waals surface area contributed by atoms with Crippen LogP contribution >= 0.6 is 0 Å². The van der Waals surface area contributed by atoms with E-state index in [4.69, 9.17) is 9.15 Å². The highest BCUT2D eigenvalue weighted by atomic mass is 16.6. The summed E-state index contributed by atoms with van der Waals surface area (Å²) >= 11 is 0. The van der Waals surface area contributed by atoms with Gasteiger partial charge in [0.05, 0.1) is 23.2 Å². The Hall–Kier alpha value is -3.85. The molecule has 0 saturated carbocycles. The quantitative estimate of drug-likeness (QED) is 0.550. The van der Waals surface area contributed by atoms with E-state index in [0.29, 0.717) is 22.7 Å². The molecule has 0 radical (unpaired) electrons. The Kier molecular flexibility index (Phi) is 7.07. The van der Waals surface area contributed by atoms with E-state index in [1.54, 1.807) is 63.6 Å². The van der Waals surface area contributed by atoms with Crippen molar-refractivity contribution in [2.75, 3.05) is 48.8 Å². The first-order valence-electron chi connectivity index (χ1n) is 11.6. The van der Waals surface area contributed by atoms with Crippen molar-refractivity contribution in [3.05, 3.63) is 60.5 Å². The summed E-state index contributed by atoms with van der Waals surface area (Å²) in [6.45, 7) is 9.10. The highest BCUT2D eigenvalue weighted by Crippen LogP contribution is 2.30. The molecule has 1 saturated heterocycles. The van der Waals surface area contributed by atoms with Gasteiger partial charge in [0.1, 0.15) is 17.2 Å². The normalized spacial score (nSPS) is 14.5. The average Bonchev–Trinajstić information content (AvgIpc) is 3.35. The molecule has 1 aliphatic rings. The van der Waals surface area contributed by atoms with Crippen LogP contribution in [-0.2, 0) is 4.74 Å². The number of benzene rings is 1. The lowest BCUT2D eigenvalue weighted by molar-refractivity contribution is 0.0635. The van der Waals surface area contributed by atoms with Crippen LogP contribution in [0.3, 0.4) is 0 Å². The number of anilines is 3. The van der Waals surface area contributed by atoms with E-state index in [9.17, 15) is 9.59 Å². The zero-order valence-corrected chi connectivity index (χ0v) is 20.5. The Bertz CT molecular complexity index is 1160. The largest absolute Gasteiger partial charge is 0.464 e. The lowest BCUT2D eigenvalue weighted by Gasteiger charge is -2.33. The van der Waals surface area contributed by atoms with E-state index >= 15 is 0 Å². The molecule has 0 bridgehead atoms. The van der Waals surface area contributed by atoms with Gasteiger partial charge in [0.2, 0.25) is 0 Å². The summed E-state index contributed by atoms with van der Waals surface area (Å²) in [5.41, 5.74) is 1.33. The second-order valence-electron chi connectivity index (χ2n) is 9.51. The average molecular weight is 478 g/mol. The van der Waals surface area contributed by atoms with E-state index in [1.807, 2.05) is 12.1 Å². The molecule has 35 heavy (non-hydrogen) atoms. The van der Waals surface area contributed by atoms with Gasteiger partial charge >= 0.3 is 6.09 Å². The van der Waals surface area contributed by atoms with Crippen LogP contribution in [-0.4, -0.2) is 60.7 Å². The number of rotatable bonds is 5. The molecule has 0 aliphatic carbocycles. The van der Waals surface area contributed by atoms with Crippen molar-refractivity contribution < 1.29 is 18.7 Å². The monoisotopic (exact) mass is 477 g/mol. The summed E-state index contributed by atoms with van der Waals surface area (Å²) in [6, 6.07) is 12.5. The number of aromatic nitrogens is 1. The smallest absolute Gasteiger partial charge is 0.412 e. The van der Waals surface area contributed by atoms with Crippen molar-refractivity contribution in [2.24, 2.45) is 0 Å². The number of nitrogens with zero attached hydrogens (tertiary/aromatic N) is 3. The molecule has 1 fully saturated rings. The van der Waals surface area contributed by atoms with E-state index in [2.05, 4.69) is 32.5 Å². The van der Waals surface area contributed by atoms with Crippen molar-refractivity contribution in [3.8, 4) is 11.3 Å². The van der Waals surface area contributed by atoms with E-state index in [1.165, 1.54) is 0 Å². The first kappa shape index (κ1) is 24.3. The molecule has 2 amide bonds. The van der Waals surface area contributed by atoms with Crippen LogP contribution in [0.15, 0.2) is 59.3 Å². The molecule has 3 aromatic rings. The van der Waals surface area contributed by atoms with Crippen LogP contribution in [0.4, 0.5) is 22.0 Å². The van der Waals surface area contributed by atoms with Crippen LogP contribution in [0.1, 0.15) is 31.1 Å². The van der Waals surface area contributed by atoms with Gasteiger partial charge in [-0.1, -0.05) is 0 Å². The minimum atomic E-state index is -0.654. The van der Waals surface area contributed by atoms with Crippen LogP contribution in [0.25, 0.3) is 11.3 Å². The second kappa shape index (κ2) is 10.2. The molecule has 4 rings (SSSR count). The zero-order chi connectivity index (χ0) is 25.0. The molecule has 184 valence electrons. The number of piperazine rings is 1. The van der Waals surface area contributed by atoms with E-state index in [-0.39, 0.29) is 5.91 Å². The highest BCUT2D eigenvalue weighted by molar-refractivity contribution is 6.07. The molecule has 0 atom stereocenters. The molecule has 0 unspecified atom stereocenters. The van der Waals surface area contributed by atoms with Crippen LogP contribution in [0, 0.1) is 0 Å². The Balaban J connectivity index is 1.53. The third-order valence-electron chi connectivity index (χ3n) is 5.55. The number of pyridine rings is 1. The molecule has 2 N–H and O–H groups in total. The molecule has 9 nitrogen and oxygen atoms in total. The van der Waals surface area contributed by atoms with E-state index in [0.717, 1.165) is 37.6 Å². The summed E-state index contributed by atoms with van der Waals surface area (Å²) in [6.07, 6.45) is 2.53. The summed E-state index contributed by atoms with van der Waals surface area (Å²) in [5.74, 6) is 1.15. The predicted molar refractivity (Wildman–Crippen MR) is 136 cm³/mol. The maximum atomic E-state index is 13.1. The standard InChI is InChI=1S/C26H31N5O4/c1-26(2,3)35-25(33)29-20-9-7-18(22-6-5-15-34-22)16-21(20)28-24(32)19-8-10-23(27-17-19)31-13-11-30(4)12-14-31/h5-10,15-17H,11-14H2,1-4H3,(H,28,32)(H,29,33). The lowest BCUT2D eigenvalue weighted by atomic mass is 10.1. The predicted octanol–water partition coefficient (Wildman–Crippen LogP) is 4.69. The van der Waals surface area contributed by atoms with Gasteiger partial charge in [-0.15, -0.1) is 0 Å². The van der Waals surface area contributed by atoms with Gasteiger partial charge < -0.3 is 24.3 Å². The fourth-order valence-corrected chi connectivity index (χ4v) is 3.70. The molecule has 1 aromatic carbocycles. The van der Waals surface area contributed by atoms with Crippen molar-refractivity contribution in [1.29, 1.82) is 0 Å². The zero-order valence-electron chi connectivity index (χ0n) is 20.5. The van der Waals surface area contributed by atoms with Crippen LogP contribution < -0.4 is 15.5 Å². The van der Waals surface area contributed by atoms with Gasteiger partial charge in [-0.2, -0.15) is 0 Å². The number of furan rings is 1. The molecule has 3 heterocycles. The Morgan fingerprint density at radius 2 is 1.77 bits per heavy atom. The maximum Gasteiger partial charge on any atom is 0.412 e. The van der Waals surface area contributed by atoms with Gasteiger partial charge in [0.15, 0.2) is 0 Å². The van der Waals surface area contributed by atoms with E-state index < -0.39 is 11.7 Å². The van der Waals surface area contributed by atoms with Gasteiger partial charge in [0.25, 0.3) is 5.91 Å². The first-order valence-corrected chi connectivity index (χ1v) is 11.6. The fraction of sp³-hybridized carbons (Fsp3) is 0.346. The van der Waals surface area contributed by atoms with Crippen molar-refractivity contribution in [2.45, 2.75) is 26.4 Å². The number of amides is 2. The topological polar surface area (TPSA) is 99.9 Å². The Labute approximate surface area is 205 Å². The van der Waals surface area contributed by atoms with Gasteiger partial charge in [0, 0.05) is 37.9 Å². The maximum absolute atomic E-state index is 13.1. The highest BCUT2D eigenvalue weighted by Gasteiger charge is 2.20. The minimum absolute atomic E-state index is 0.341. The number of carbonyl (C=O) groups is 2. The lowest BCUT2D eigenvalue weighted by Crippen LogP contribution is -2.44. The molecular formula is C26H31N5O4. The van der Waals surface area contributed by atoms with Gasteiger partial charge in [-0.3, -0.25) is 10.1 Å². The van der Waals surface area contributed by atoms with Crippen molar-refractivity contribution in [3.63, 3.8) is 0 Å². The molecule has 2 aromatic heterocycles. The fourth-order valence-electron chi connectivity index (χ4n) is 3.70. The van der Waals surface area contributed by atoms with Crippen LogP contribution in [0.2, 0.25) is 0 Å². The Morgan fingerprint density at radius 3 is 2.40 bits per heavy atom. The summed E-state index contributed by atoms with van der Waals surface area (Å²) in [7, 11) is 2.10. The number of likely N-dealkylation sites (N-methyl/N-ethyl adjacent to an activating group) is 1. The Morgan fingerprint density at radius 1 is 1.00 bits per heavy atom. The van der Waals surface area contributed by atoms with Crippen molar-refractivity contribution >= 4 is 29.2 Å². The summed E-state index contributed by atoms with van der Waals surface area (Å²) < 4.78 is 10.9. The molecule has 0 spiro atoms. The number of carbonyl (C=O) groups excluding carboxylic acids is 2. The number of nitrogens with one attached hydrogen (secondary N) is 2. The van der Waals surface area contributed by atoms with Gasteiger partial charge in [-0.25, -0.2) is 9.78 Å². The summed E-state index contributed by atoms with van der Waals surface area (Å²) in [5, 5.41) is 5.61.